The minimum Gasteiger partial charge on any atom is -0.383 e. The Morgan fingerprint density at radius 2 is 2.14 bits per heavy atom. The second-order valence-electron chi connectivity index (χ2n) is 7.05. The summed E-state index contributed by atoms with van der Waals surface area (Å²) in [5.41, 5.74) is 2.47. The predicted octanol–water partition coefficient (Wildman–Crippen LogP) is 2.71. The molecule has 0 aliphatic carbocycles. The number of piperidine rings is 1. The molecule has 6 heteroatoms. The minimum atomic E-state index is 0.0188. The molecule has 28 heavy (non-hydrogen) atoms. The summed E-state index contributed by atoms with van der Waals surface area (Å²) in [5, 5.41) is 9.06. The van der Waals surface area contributed by atoms with Crippen LogP contribution in [0.1, 0.15) is 34.3 Å². The highest BCUT2D eigenvalue weighted by Gasteiger charge is 2.28. The molecule has 0 atom stereocenters. The van der Waals surface area contributed by atoms with Gasteiger partial charge >= 0.3 is 0 Å². The molecule has 0 N–H and O–H groups in total. The molecule has 1 aliphatic heterocycles. The van der Waals surface area contributed by atoms with Crippen LogP contribution in [0.3, 0.4) is 0 Å². The molecule has 2 heterocycles. The molecule has 1 aliphatic rings. The van der Waals surface area contributed by atoms with Gasteiger partial charge in [0.05, 0.1) is 23.8 Å². The van der Waals surface area contributed by atoms with Gasteiger partial charge in [-0.25, -0.2) is 0 Å². The quantitative estimate of drug-likeness (QED) is 0.741. The number of hydrogen-bond acceptors (Lipinski definition) is 5. The van der Waals surface area contributed by atoms with E-state index in [1.807, 2.05) is 29.2 Å². The predicted molar refractivity (Wildman–Crippen MR) is 107 cm³/mol. The summed E-state index contributed by atoms with van der Waals surface area (Å²) in [7, 11) is 1.66. The van der Waals surface area contributed by atoms with Gasteiger partial charge in [0.1, 0.15) is 0 Å². The fourth-order valence-corrected chi connectivity index (χ4v) is 3.68. The zero-order chi connectivity index (χ0) is 19.8. The van der Waals surface area contributed by atoms with Crippen LogP contribution in [0, 0.1) is 11.3 Å². The lowest BCUT2D eigenvalue weighted by molar-refractivity contribution is 0.0478. The number of nitriles is 1. The van der Waals surface area contributed by atoms with E-state index in [2.05, 4.69) is 22.0 Å². The zero-order valence-electron chi connectivity index (χ0n) is 16.3. The molecular weight excluding hydrogens is 352 g/mol. The van der Waals surface area contributed by atoms with Crippen molar-refractivity contribution in [2.24, 2.45) is 0 Å². The standard InChI is InChI=1S/C22H26N4O2/c1-28-13-12-26(22(27)20-6-3-9-24-16-20)21-7-10-25(11-8-21)17-19-5-2-4-18(14-19)15-23/h2-6,9,14,16,21H,7-8,10-13,17H2,1H3. The average Bonchev–Trinajstić information content (AvgIpc) is 2.75. The van der Waals surface area contributed by atoms with E-state index in [0.29, 0.717) is 24.3 Å². The summed E-state index contributed by atoms with van der Waals surface area (Å²) in [6.07, 6.45) is 5.15. The molecule has 1 saturated heterocycles. The Bertz CT molecular complexity index is 811. The fraction of sp³-hybridized carbons (Fsp3) is 0.409. The Morgan fingerprint density at radius 1 is 1.32 bits per heavy atom. The van der Waals surface area contributed by atoms with Gasteiger partial charge in [0, 0.05) is 51.7 Å². The number of rotatable bonds is 7. The summed E-state index contributed by atoms with van der Waals surface area (Å²) >= 11 is 0. The Kier molecular flexibility index (Phi) is 7.12. The second-order valence-corrected chi connectivity index (χ2v) is 7.05. The first kappa shape index (κ1) is 20.0. The smallest absolute Gasteiger partial charge is 0.255 e. The number of nitrogens with zero attached hydrogens (tertiary/aromatic N) is 4. The van der Waals surface area contributed by atoms with Gasteiger partial charge in [0.15, 0.2) is 0 Å². The van der Waals surface area contributed by atoms with Crippen LogP contribution >= 0.6 is 0 Å². The summed E-state index contributed by atoms with van der Waals surface area (Å²) in [6.45, 7) is 3.78. The van der Waals surface area contributed by atoms with E-state index >= 15 is 0 Å². The summed E-state index contributed by atoms with van der Waals surface area (Å²) < 4.78 is 5.22. The van der Waals surface area contributed by atoms with Gasteiger partial charge < -0.3 is 9.64 Å². The summed E-state index contributed by atoms with van der Waals surface area (Å²) in [4.78, 5) is 21.4. The number of carbonyl (C=O) groups excluding carboxylic acids is 1. The van der Waals surface area contributed by atoms with Gasteiger partial charge in [-0.3, -0.25) is 14.7 Å². The highest BCUT2D eigenvalue weighted by molar-refractivity contribution is 5.94. The van der Waals surface area contributed by atoms with Crippen LogP contribution in [0.4, 0.5) is 0 Å². The van der Waals surface area contributed by atoms with E-state index in [9.17, 15) is 4.79 Å². The number of aromatic nitrogens is 1. The first-order chi connectivity index (χ1) is 13.7. The number of hydrogen-bond donors (Lipinski definition) is 0. The topological polar surface area (TPSA) is 69.5 Å². The normalized spacial score (nSPS) is 15.1. The van der Waals surface area contributed by atoms with Crippen molar-refractivity contribution < 1.29 is 9.53 Å². The van der Waals surface area contributed by atoms with Gasteiger partial charge in [0.25, 0.3) is 5.91 Å². The van der Waals surface area contributed by atoms with Crippen LogP contribution in [-0.2, 0) is 11.3 Å². The minimum absolute atomic E-state index is 0.0188. The SMILES string of the molecule is COCCN(C(=O)c1cccnc1)C1CCN(Cc2cccc(C#N)c2)CC1. The number of pyridine rings is 1. The molecule has 1 amide bonds. The van der Waals surface area contributed by atoms with Crippen molar-refractivity contribution in [2.75, 3.05) is 33.4 Å². The molecule has 1 fully saturated rings. The lowest BCUT2D eigenvalue weighted by atomic mass is 10.0. The molecule has 2 aromatic rings. The maximum atomic E-state index is 13.0. The number of methoxy groups -OCH3 is 1. The molecule has 3 rings (SSSR count). The maximum absolute atomic E-state index is 13.0. The van der Waals surface area contributed by atoms with Gasteiger partial charge in [-0.2, -0.15) is 5.26 Å². The van der Waals surface area contributed by atoms with E-state index in [4.69, 9.17) is 10.00 Å². The van der Waals surface area contributed by atoms with Crippen LogP contribution in [0.2, 0.25) is 0 Å². The van der Waals surface area contributed by atoms with Crippen molar-refractivity contribution in [1.82, 2.24) is 14.8 Å². The van der Waals surface area contributed by atoms with Gasteiger partial charge in [-0.15, -0.1) is 0 Å². The molecule has 0 saturated carbocycles. The van der Waals surface area contributed by atoms with E-state index in [1.54, 1.807) is 25.6 Å². The van der Waals surface area contributed by atoms with Crippen LogP contribution < -0.4 is 0 Å². The summed E-state index contributed by atoms with van der Waals surface area (Å²) in [6, 6.07) is 13.8. The van der Waals surface area contributed by atoms with Gasteiger partial charge in [0.2, 0.25) is 0 Å². The highest BCUT2D eigenvalue weighted by Crippen LogP contribution is 2.20. The zero-order valence-corrected chi connectivity index (χ0v) is 16.3. The fourth-order valence-electron chi connectivity index (χ4n) is 3.68. The average molecular weight is 378 g/mol. The number of benzene rings is 1. The largest absolute Gasteiger partial charge is 0.383 e. The van der Waals surface area contributed by atoms with E-state index in [-0.39, 0.29) is 11.9 Å². The highest BCUT2D eigenvalue weighted by atomic mass is 16.5. The first-order valence-electron chi connectivity index (χ1n) is 9.62. The van der Waals surface area contributed by atoms with Crippen molar-refractivity contribution in [3.8, 4) is 6.07 Å². The molecule has 0 unspecified atom stereocenters. The molecule has 146 valence electrons. The molecular formula is C22H26N4O2. The van der Waals surface area contributed by atoms with Gasteiger partial charge in [-0.1, -0.05) is 12.1 Å². The monoisotopic (exact) mass is 378 g/mol. The molecule has 0 radical (unpaired) electrons. The van der Waals surface area contributed by atoms with Crippen molar-refractivity contribution in [3.63, 3.8) is 0 Å². The third-order valence-corrected chi connectivity index (χ3v) is 5.17. The van der Waals surface area contributed by atoms with E-state index in [0.717, 1.165) is 38.0 Å². The second kappa shape index (κ2) is 9.98. The van der Waals surface area contributed by atoms with Crippen LogP contribution in [0.25, 0.3) is 0 Å². The lowest BCUT2D eigenvalue weighted by Crippen LogP contribution is -2.48. The Hall–Kier alpha value is -2.75. The number of likely N-dealkylation sites (tertiary alicyclic amines) is 1. The molecule has 1 aromatic carbocycles. The van der Waals surface area contributed by atoms with Crippen molar-refractivity contribution in [1.29, 1.82) is 5.26 Å². The van der Waals surface area contributed by atoms with Crippen molar-refractivity contribution >= 4 is 5.91 Å². The maximum Gasteiger partial charge on any atom is 0.255 e. The third kappa shape index (κ3) is 5.16. The summed E-state index contributed by atoms with van der Waals surface area (Å²) in [5.74, 6) is 0.0188. The number of carbonyl (C=O) groups is 1. The third-order valence-electron chi connectivity index (χ3n) is 5.17. The van der Waals surface area contributed by atoms with E-state index < -0.39 is 0 Å². The van der Waals surface area contributed by atoms with Crippen molar-refractivity contribution in [3.05, 3.63) is 65.5 Å². The first-order valence-corrected chi connectivity index (χ1v) is 9.62. The number of ether oxygens (including phenoxy) is 1. The Morgan fingerprint density at radius 3 is 2.82 bits per heavy atom. The number of amides is 1. The van der Waals surface area contributed by atoms with Gasteiger partial charge in [-0.05, 0) is 42.7 Å². The Labute approximate surface area is 166 Å². The van der Waals surface area contributed by atoms with E-state index in [1.165, 1.54) is 0 Å². The molecule has 6 nitrogen and oxygen atoms in total. The Balaban J connectivity index is 1.61. The van der Waals surface area contributed by atoms with Crippen LogP contribution in [0.5, 0.6) is 0 Å². The molecule has 0 bridgehead atoms. The lowest BCUT2D eigenvalue weighted by Gasteiger charge is -2.38. The van der Waals surface area contributed by atoms with Crippen LogP contribution in [-0.4, -0.2) is 60.1 Å². The van der Waals surface area contributed by atoms with Crippen molar-refractivity contribution in [2.45, 2.75) is 25.4 Å². The van der Waals surface area contributed by atoms with Crippen LogP contribution in [0.15, 0.2) is 48.8 Å². The molecule has 0 spiro atoms. The molecule has 1 aromatic heterocycles.